The highest BCUT2D eigenvalue weighted by Crippen LogP contribution is 2.30. The van der Waals surface area contributed by atoms with Gasteiger partial charge in [-0.1, -0.05) is 24.6 Å². The second-order valence-electron chi connectivity index (χ2n) is 7.38. The number of halogens is 4. The molecule has 1 atom stereocenters. The number of fused-ring (bicyclic) bond motifs is 1. The summed E-state index contributed by atoms with van der Waals surface area (Å²) in [6.45, 7) is 6.85. The summed E-state index contributed by atoms with van der Waals surface area (Å²) in [6.07, 6.45) is -4.86. The number of amides is 1. The second-order valence-corrected chi connectivity index (χ2v) is 7.79. The number of carbonyl (C=O) groups excluding carboxylic acids is 1. The summed E-state index contributed by atoms with van der Waals surface area (Å²) in [6, 6.07) is 6.83. The number of alkyl halides is 3. The van der Waals surface area contributed by atoms with Gasteiger partial charge in [-0.25, -0.2) is 4.98 Å². The van der Waals surface area contributed by atoms with Gasteiger partial charge in [0.15, 0.2) is 0 Å². The summed E-state index contributed by atoms with van der Waals surface area (Å²) in [5.74, 6) is -0.617. The lowest BCUT2D eigenvalue weighted by Crippen LogP contribution is -2.37. The first-order valence-electron chi connectivity index (χ1n) is 9.62. The Balaban J connectivity index is 2.23. The van der Waals surface area contributed by atoms with E-state index in [1.165, 1.54) is 6.07 Å². The van der Waals surface area contributed by atoms with Gasteiger partial charge in [0.1, 0.15) is 6.04 Å². The first-order valence-corrected chi connectivity index (χ1v) is 10.00. The summed E-state index contributed by atoms with van der Waals surface area (Å²) in [7, 11) is 0. The van der Waals surface area contributed by atoms with Crippen molar-refractivity contribution in [1.29, 1.82) is 0 Å². The van der Waals surface area contributed by atoms with Crippen LogP contribution in [0.5, 0.6) is 0 Å². The van der Waals surface area contributed by atoms with Crippen LogP contribution < -0.4 is 10.9 Å². The first-order chi connectivity index (χ1) is 14.5. The molecule has 1 N–H and O–H groups in total. The maximum Gasteiger partial charge on any atom is 0.438 e. The van der Waals surface area contributed by atoms with Crippen LogP contribution in [0.15, 0.2) is 35.1 Å². The lowest BCUT2D eigenvalue weighted by Gasteiger charge is -2.22. The number of aromatic nitrogens is 2. The van der Waals surface area contributed by atoms with Gasteiger partial charge in [0, 0.05) is 10.7 Å². The number of benzene rings is 2. The van der Waals surface area contributed by atoms with Gasteiger partial charge in [-0.2, -0.15) is 13.2 Å². The third-order valence-electron chi connectivity index (χ3n) is 5.30. The van der Waals surface area contributed by atoms with E-state index in [-0.39, 0.29) is 17.5 Å². The number of hydrogen-bond donors (Lipinski definition) is 1. The molecule has 0 aliphatic rings. The maximum atomic E-state index is 13.6. The topological polar surface area (TPSA) is 64.0 Å². The zero-order valence-electron chi connectivity index (χ0n) is 17.4. The third kappa shape index (κ3) is 4.30. The Kier molecular flexibility index (Phi) is 6.14. The minimum absolute atomic E-state index is 0.000195. The average Bonchev–Trinajstić information content (AvgIpc) is 2.68. The largest absolute Gasteiger partial charge is 0.438 e. The van der Waals surface area contributed by atoms with Crippen LogP contribution in [0.25, 0.3) is 11.0 Å². The Morgan fingerprint density at radius 1 is 1.19 bits per heavy atom. The SMILES string of the molecule is CC[C@@H](C(=O)Nc1cccc(Cl)c1C)n1c(=O)c(C(F)(F)F)nc2cc(C)c(C)cc21. The van der Waals surface area contributed by atoms with E-state index in [9.17, 15) is 22.8 Å². The molecule has 9 heteroatoms. The molecule has 2 aromatic carbocycles. The number of aryl methyl sites for hydroxylation is 2. The van der Waals surface area contributed by atoms with Crippen molar-refractivity contribution in [3.8, 4) is 0 Å². The number of hydrogen-bond acceptors (Lipinski definition) is 3. The summed E-state index contributed by atoms with van der Waals surface area (Å²) >= 11 is 6.09. The van der Waals surface area contributed by atoms with E-state index in [0.717, 1.165) is 15.7 Å². The number of anilines is 1. The molecule has 0 fully saturated rings. The molecular weight excluding hydrogens is 431 g/mol. The van der Waals surface area contributed by atoms with Gasteiger partial charge in [-0.15, -0.1) is 0 Å². The second kappa shape index (κ2) is 8.34. The fourth-order valence-electron chi connectivity index (χ4n) is 3.40. The van der Waals surface area contributed by atoms with Gasteiger partial charge >= 0.3 is 6.18 Å². The maximum absolute atomic E-state index is 13.6. The van der Waals surface area contributed by atoms with Gasteiger partial charge in [0.05, 0.1) is 11.0 Å². The van der Waals surface area contributed by atoms with Crippen molar-refractivity contribution >= 4 is 34.2 Å². The van der Waals surface area contributed by atoms with Crippen LogP contribution in [0, 0.1) is 20.8 Å². The summed E-state index contributed by atoms with van der Waals surface area (Å²) in [4.78, 5) is 29.6. The van der Waals surface area contributed by atoms with Gasteiger partial charge in [0.2, 0.25) is 11.6 Å². The highest BCUT2D eigenvalue weighted by atomic mass is 35.5. The molecule has 0 saturated carbocycles. The Hall–Kier alpha value is -2.87. The van der Waals surface area contributed by atoms with Crippen molar-refractivity contribution in [2.24, 2.45) is 0 Å². The van der Waals surface area contributed by atoms with E-state index in [4.69, 9.17) is 11.6 Å². The molecular formula is C22H21ClF3N3O2. The van der Waals surface area contributed by atoms with Gasteiger partial charge < -0.3 is 5.32 Å². The van der Waals surface area contributed by atoms with Crippen molar-refractivity contribution < 1.29 is 18.0 Å². The fraction of sp³-hybridized carbons (Fsp3) is 0.318. The standard InChI is InChI=1S/C22H21ClF3N3O2/c1-5-17(20(30)28-15-8-6-7-14(23)13(15)4)29-18-10-12(3)11(2)9-16(18)27-19(21(29)31)22(24,25)26/h6-10,17H,5H2,1-4H3,(H,28,30)/t17-/m0/s1. The lowest BCUT2D eigenvalue weighted by atomic mass is 10.1. The smallest absolute Gasteiger partial charge is 0.324 e. The Labute approximate surface area is 181 Å². The molecule has 164 valence electrons. The average molecular weight is 452 g/mol. The van der Waals surface area contributed by atoms with Crippen molar-refractivity contribution in [2.45, 2.75) is 46.3 Å². The molecule has 0 saturated heterocycles. The van der Waals surface area contributed by atoms with E-state index in [1.54, 1.807) is 52.0 Å². The first kappa shape index (κ1) is 22.8. The van der Waals surface area contributed by atoms with Crippen molar-refractivity contribution in [2.75, 3.05) is 5.32 Å². The quantitative estimate of drug-likeness (QED) is 0.563. The zero-order chi connectivity index (χ0) is 23.1. The molecule has 31 heavy (non-hydrogen) atoms. The molecule has 5 nitrogen and oxygen atoms in total. The van der Waals surface area contributed by atoms with Gasteiger partial charge in [-0.05, 0) is 68.1 Å². The predicted octanol–water partition coefficient (Wildman–Crippen LogP) is 5.58. The van der Waals surface area contributed by atoms with E-state index in [0.29, 0.717) is 16.3 Å². The minimum Gasteiger partial charge on any atom is -0.324 e. The Morgan fingerprint density at radius 2 is 1.84 bits per heavy atom. The van der Waals surface area contributed by atoms with Crippen LogP contribution in [0.1, 0.15) is 41.8 Å². The van der Waals surface area contributed by atoms with Crippen LogP contribution in [0.2, 0.25) is 5.02 Å². The molecule has 0 aliphatic carbocycles. The number of rotatable bonds is 4. The molecule has 3 aromatic rings. The van der Waals surface area contributed by atoms with Crippen LogP contribution in [-0.4, -0.2) is 15.5 Å². The van der Waals surface area contributed by atoms with Gasteiger partial charge in [-0.3, -0.25) is 14.2 Å². The Bertz CT molecular complexity index is 1240. The monoisotopic (exact) mass is 451 g/mol. The molecule has 0 unspecified atom stereocenters. The highest BCUT2D eigenvalue weighted by Gasteiger charge is 2.39. The Morgan fingerprint density at radius 3 is 2.45 bits per heavy atom. The normalized spacial score (nSPS) is 12.8. The molecule has 1 aromatic heterocycles. The van der Waals surface area contributed by atoms with E-state index >= 15 is 0 Å². The van der Waals surface area contributed by atoms with E-state index < -0.39 is 29.4 Å². The number of carbonyl (C=O) groups is 1. The van der Waals surface area contributed by atoms with Crippen LogP contribution in [-0.2, 0) is 11.0 Å². The highest BCUT2D eigenvalue weighted by molar-refractivity contribution is 6.31. The summed E-state index contributed by atoms with van der Waals surface area (Å²) < 4.78 is 41.6. The summed E-state index contributed by atoms with van der Waals surface area (Å²) in [5.41, 5.74) is -0.201. The molecule has 1 heterocycles. The summed E-state index contributed by atoms with van der Waals surface area (Å²) in [5, 5.41) is 3.13. The molecule has 0 aliphatic heterocycles. The van der Waals surface area contributed by atoms with Crippen molar-refractivity contribution in [3.05, 3.63) is 68.1 Å². The van der Waals surface area contributed by atoms with E-state index in [2.05, 4.69) is 10.3 Å². The number of nitrogens with zero attached hydrogens (tertiary/aromatic N) is 2. The predicted molar refractivity (Wildman–Crippen MR) is 115 cm³/mol. The lowest BCUT2D eigenvalue weighted by molar-refractivity contribution is -0.142. The van der Waals surface area contributed by atoms with Gasteiger partial charge in [0.25, 0.3) is 5.56 Å². The fourth-order valence-corrected chi connectivity index (χ4v) is 3.57. The van der Waals surface area contributed by atoms with Crippen molar-refractivity contribution in [3.63, 3.8) is 0 Å². The third-order valence-corrected chi connectivity index (χ3v) is 5.71. The van der Waals surface area contributed by atoms with Crippen LogP contribution in [0.3, 0.4) is 0 Å². The zero-order valence-corrected chi connectivity index (χ0v) is 18.1. The molecule has 0 radical (unpaired) electrons. The van der Waals surface area contributed by atoms with Crippen molar-refractivity contribution in [1.82, 2.24) is 9.55 Å². The molecule has 1 amide bonds. The number of nitrogens with one attached hydrogen (secondary N) is 1. The molecule has 0 bridgehead atoms. The molecule has 0 spiro atoms. The minimum atomic E-state index is -4.95. The molecule has 3 rings (SSSR count). The van der Waals surface area contributed by atoms with Crippen LogP contribution >= 0.6 is 11.6 Å². The van der Waals surface area contributed by atoms with Crippen LogP contribution in [0.4, 0.5) is 18.9 Å². The van der Waals surface area contributed by atoms with E-state index in [1.807, 2.05) is 0 Å².